The molecule has 0 atom stereocenters. The molecule has 78 valence electrons. The normalized spacial score (nSPS) is 10.4. The minimum Gasteiger partial charge on any atom is -0.382 e. The second kappa shape index (κ2) is 4.74. The SMILES string of the molecule is CCCCCn1c(N)c(F)cnc1=O. The number of anilines is 1. The third kappa shape index (κ3) is 2.31. The highest BCUT2D eigenvalue weighted by molar-refractivity contribution is 5.28. The summed E-state index contributed by atoms with van der Waals surface area (Å²) in [6.07, 6.45) is 3.69. The summed E-state index contributed by atoms with van der Waals surface area (Å²) in [5.41, 5.74) is 4.93. The lowest BCUT2D eigenvalue weighted by Crippen LogP contribution is -2.26. The van der Waals surface area contributed by atoms with E-state index in [1.807, 2.05) is 0 Å². The molecule has 1 heterocycles. The molecular weight excluding hydrogens is 185 g/mol. The number of hydrogen-bond acceptors (Lipinski definition) is 3. The van der Waals surface area contributed by atoms with Gasteiger partial charge in [0.15, 0.2) is 5.82 Å². The Balaban J connectivity index is 2.84. The molecule has 0 fully saturated rings. The van der Waals surface area contributed by atoms with E-state index in [1.165, 1.54) is 4.57 Å². The van der Waals surface area contributed by atoms with Crippen LogP contribution in [-0.2, 0) is 6.54 Å². The molecule has 0 amide bonds. The first-order valence-corrected chi connectivity index (χ1v) is 4.67. The van der Waals surface area contributed by atoms with Crippen molar-refractivity contribution in [3.05, 3.63) is 22.5 Å². The van der Waals surface area contributed by atoms with Crippen LogP contribution in [0.15, 0.2) is 11.0 Å². The van der Waals surface area contributed by atoms with Crippen LogP contribution in [0.4, 0.5) is 10.2 Å². The van der Waals surface area contributed by atoms with Gasteiger partial charge in [0, 0.05) is 6.54 Å². The molecule has 0 spiro atoms. The molecule has 0 aliphatic carbocycles. The van der Waals surface area contributed by atoms with Crippen LogP contribution in [-0.4, -0.2) is 9.55 Å². The van der Waals surface area contributed by atoms with Gasteiger partial charge in [-0.1, -0.05) is 19.8 Å². The van der Waals surface area contributed by atoms with Gasteiger partial charge in [-0.2, -0.15) is 4.98 Å². The Morgan fingerprint density at radius 3 is 2.93 bits per heavy atom. The fourth-order valence-corrected chi connectivity index (χ4v) is 1.22. The van der Waals surface area contributed by atoms with Gasteiger partial charge in [0.05, 0.1) is 6.20 Å². The van der Waals surface area contributed by atoms with Gasteiger partial charge < -0.3 is 5.73 Å². The van der Waals surface area contributed by atoms with E-state index in [0.29, 0.717) is 6.54 Å². The molecule has 0 unspecified atom stereocenters. The van der Waals surface area contributed by atoms with Crippen LogP contribution < -0.4 is 11.4 Å². The number of nitrogens with zero attached hydrogens (tertiary/aromatic N) is 2. The summed E-state index contributed by atoms with van der Waals surface area (Å²) in [7, 11) is 0. The van der Waals surface area contributed by atoms with Crippen molar-refractivity contribution in [1.29, 1.82) is 0 Å². The van der Waals surface area contributed by atoms with Gasteiger partial charge in [0.1, 0.15) is 5.82 Å². The fourth-order valence-electron chi connectivity index (χ4n) is 1.22. The summed E-state index contributed by atoms with van der Waals surface area (Å²) in [4.78, 5) is 14.6. The second-order valence-electron chi connectivity index (χ2n) is 3.13. The third-order valence-corrected chi connectivity index (χ3v) is 2.04. The molecule has 0 aliphatic rings. The Bertz CT molecular complexity index is 362. The maximum Gasteiger partial charge on any atom is 0.349 e. The van der Waals surface area contributed by atoms with Crippen LogP contribution in [0.5, 0.6) is 0 Å². The third-order valence-electron chi connectivity index (χ3n) is 2.04. The van der Waals surface area contributed by atoms with Crippen LogP contribution >= 0.6 is 0 Å². The minimum absolute atomic E-state index is 0.124. The van der Waals surface area contributed by atoms with Crippen molar-refractivity contribution < 1.29 is 4.39 Å². The van der Waals surface area contributed by atoms with Gasteiger partial charge >= 0.3 is 5.69 Å². The number of hydrogen-bond donors (Lipinski definition) is 1. The molecule has 0 radical (unpaired) electrons. The van der Waals surface area contributed by atoms with Crippen molar-refractivity contribution >= 4 is 5.82 Å². The number of nitrogen functional groups attached to an aromatic ring is 1. The minimum atomic E-state index is -0.638. The quantitative estimate of drug-likeness (QED) is 0.740. The van der Waals surface area contributed by atoms with Crippen LogP contribution in [0.3, 0.4) is 0 Å². The predicted octanol–water partition coefficient (Wildman–Crippen LogP) is 1.15. The molecule has 1 aromatic rings. The molecule has 4 nitrogen and oxygen atoms in total. The van der Waals surface area contributed by atoms with Crippen molar-refractivity contribution in [2.24, 2.45) is 0 Å². The zero-order chi connectivity index (χ0) is 10.6. The summed E-state index contributed by atoms with van der Waals surface area (Å²) in [6.45, 7) is 2.49. The van der Waals surface area contributed by atoms with E-state index in [9.17, 15) is 9.18 Å². The lowest BCUT2D eigenvalue weighted by Gasteiger charge is -2.07. The number of rotatable bonds is 4. The Labute approximate surface area is 81.6 Å². The first-order chi connectivity index (χ1) is 6.66. The van der Waals surface area contributed by atoms with Gasteiger partial charge in [0.25, 0.3) is 0 Å². The number of halogens is 1. The molecule has 14 heavy (non-hydrogen) atoms. The van der Waals surface area contributed by atoms with Crippen molar-refractivity contribution in [3.63, 3.8) is 0 Å². The largest absolute Gasteiger partial charge is 0.382 e. The monoisotopic (exact) mass is 199 g/mol. The first kappa shape index (κ1) is 10.7. The average Bonchev–Trinajstić information content (AvgIpc) is 2.18. The average molecular weight is 199 g/mol. The highest BCUT2D eigenvalue weighted by Gasteiger charge is 2.06. The van der Waals surface area contributed by atoms with E-state index in [-0.39, 0.29) is 5.82 Å². The lowest BCUT2D eigenvalue weighted by atomic mass is 10.2. The van der Waals surface area contributed by atoms with Crippen LogP contribution in [0.2, 0.25) is 0 Å². The van der Waals surface area contributed by atoms with E-state index in [1.54, 1.807) is 0 Å². The Morgan fingerprint density at radius 1 is 1.57 bits per heavy atom. The molecule has 5 heteroatoms. The number of unbranched alkanes of at least 4 members (excludes halogenated alkanes) is 2. The lowest BCUT2D eigenvalue weighted by molar-refractivity contribution is 0.546. The fraction of sp³-hybridized carbons (Fsp3) is 0.556. The first-order valence-electron chi connectivity index (χ1n) is 4.67. The van der Waals surface area contributed by atoms with Crippen molar-refractivity contribution in [2.45, 2.75) is 32.7 Å². The smallest absolute Gasteiger partial charge is 0.349 e. The van der Waals surface area contributed by atoms with Gasteiger partial charge in [0.2, 0.25) is 0 Å². The van der Waals surface area contributed by atoms with E-state index in [2.05, 4.69) is 11.9 Å². The zero-order valence-corrected chi connectivity index (χ0v) is 8.16. The molecule has 2 N–H and O–H groups in total. The van der Waals surface area contributed by atoms with Crippen LogP contribution in [0.1, 0.15) is 26.2 Å². The molecule has 0 bridgehead atoms. The van der Waals surface area contributed by atoms with Crippen molar-refractivity contribution in [1.82, 2.24) is 9.55 Å². The van der Waals surface area contributed by atoms with Gasteiger partial charge in [-0.25, -0.2) is 9.18 Å². The van der Waals surface area contributed by atoms with Gasteiger partial charge in [-0.05, 0) is 6.42 Å². The summed E-state index contributed by atoms with van der Waals surface area (Å²) in [5, 5.41) is 0. The molecule has 0 saturated heterocycles. The Morgan fingerprint density at radius 2 is 2.29 bits per heavy atom. The maximum absolute atomic E-state index is 12.9. The van der Waals surface area contributed by atoms with E-state index in [0.717, 1.165) is 25.5 Å². The van der Waals surface area contributed by atoms with E-state index in [4.69, 9.17) is 5.73 Å². The molecule has 0 saturated carbocycles. The number of nitrogens with two attached hydrogens (primary N) is 1. The van der Waals surface area contributed by atoms with E-state index >= 15 is 0 Å². The summed E-state index contributed by atoms with van der Waals surface area (Å²) in [5.74, 6) is -0.762. The Kier molecular flexibility index (Phi) is 3.62. The zero-order valence-electron chi connectivity index (χ0n) is 8.16. The standard InChI is InChI=1S/C9H14FN3O/c1-2-3-4-5-13-8(11)7(10)6-12-9(13)14/h6H,2-5,11H2,1H3. The van der Waals surface area contributed by atoms with Gasteiger partial charge in [-0.15, -0.1) is 0 Å². The molecule has 0 aromatic carbocycles. The number of aromatic nitrogens is 2. The van der Waals surface area contributed by atoms with E-state index < -0.39 is 11.5 Å². The summed E-state index contributed by atoms with van der Waals surface area (Å²) >= 11 is 0. The maximum atomic E-state index is 12.9. The highest BCUT2D eigenvalue weighted by Crippen LogP contribution is 2.06. The van der Waals surface area contributed by atoms with Crippen LogP contribution in [0, 0.1) is 5.82 Å². The van der Waals surface area contributed by atoms with Crippen molar-refractivity contribution in [2.75, 3.05) is 5.73 Å². The summed E-state index contributed by atoms with van der Waals surface area (Å²) < 4.78 is 14.1. The van der Waals surface area contributed by atoms with Gasteiger partial charge in [-0.3, -0.25) is 4.57 Å². The molecule has 1 rings (SSSR count). The Hall–Kier alpha value is -1.39. The summed E-state index contributed by atoms with van der Waals surface area (Å²) in [6, 6.07) is 0. The second-order valence-corrected chi connectivity index (χ2v) is 3.13. The molecule has 1 aromatic heterocycles. The predicted molar refractivity (Wildman–Crippen MR) is 52.4 cm³/mol. The molecular formula is C9H14FN3O. The topological polar surface area (TPSA) is 60.9 Å². The van der Waals surface area contributed by atoms with Crippen molar-refractivity contribution in [3.8, 4) is 0 Å². The highest BCUT2D eigenvalue weighted by atomic mass is 19.1. The molecule has 0 aliphatic heterocycles. The van der Waals surface area contributed by atoms with Crippen LogP contribution in [0.25, 0.3) is 0 Å².